The Morgan fingerprint density at radius 2 is 1.43 bits per heavy atom. The van der Waals surface area contributed by atoms with E-state index in [1.807, 2.05) is 0 Å². The number of benzene rings is 3. The number of phenolic OH excluding ortho intramolecular Hbond substituents is 1. The standard InChI is InChI=1S/C24H16ClF2N7O12S3/c25-18-20(26)29-24(27)30-22(18)28-10-5-6-14(13(7-10)23(36)37)31-33-21(12-3-1-2-4-16(12)48(41,42)43)34-32-15-8-11(47(38,39)40)9-17(19(15)35)49(44,45)46/h1-9,21,35H,(H,36,37)(H,28,29,30)(H,38,39,40)(H,41,42,43)(H,44,45,46). The monoisotopic (exact) mass is 763 g/mol. The molecule has 0 fully saturated rings. The maximum Gasteiger partial charge on any atom is 0.338 e. The molecule has 1 atom stereocenters. The number of carboxylic acids is 1. The molecule has 0 aliphatic rings. The number of halogens is 3. The van der Waals surface area contributed by atoms with Gasteiger partial charge in [0, 0.05) is 11.3 Å². The number of carbonyl (C=O) groups is 1. The van der Waals surface area contributed by atoms with Crippen LogP contribution < -0.4 is 5.32 Å². The fourth-order valence-electron chi connectivity index (χ4n) is 3.79. The van der Waals surface area contributed by atoms with E-state index < -0.39 is 108 Å². The van der Waals surface area contributed by atoms with Gasteiger partial charge in [-0.1, -0.05) is 29.8 Å². The molecule has 0 saturated carbocycles. The Kier molecular flexibility index (Phi) is 10.3. The minimum Gasteiger partial charge on any atom is -0.504 e. The average molecular weight is 764 g/mol. The number of rotatable bonds is 11. The maximum atomic E-state index is 13.7. The van der Waals surface area contributed by atoms with Gasteiger partial charge in [-0.2, -0.15) is 59.3 Å². The van der Waals surface area contributed by atoms with Gasteiger partial charge in [-0.3, -0.25) is 13.7 Å². The molecule has 0 bridgehead atoms. The third-order valence-electron chi connectivity index (χ3n) is 5.90. The first-order valence-corrected chi connectivity index (χ1v) is 17.1. The third-order valence-corrected chi connectivity index (χ3v) is 8.86. The smallest absolute Gasteiger partial charge is 0.338 e. The molecule has 0 aliphatic heterocycles. The Morgan fingerprint density at radius 3 is 2.02 bits per heavy atom. The second-order valence-corrected chi connectivity index (χ2v) is 13.7. The summed E-state index contributed by atoms with van der Waals surface area (Å²) in [6.07, 6.45) is -3.49. The number of hydrogen-bond donors (Lipinski definition) is 6. The molecular formula is C24H16ClF2N7O12S3. The van der Waals surface area contributed by atoms with Crippen LogP contribution in [0.4, 0.5) is 31.7 Å². The fraction of sp³-hybridized carbons (Fsp3) is 0.0417. The average Bonchev–Trinajstić information content (AvgIpc) is 2.99. The van der Waals surface area contributed by atoms with Crippen LogP contribution in [0.5, 0.6) is 5.75 Å². The van der Waals surface area contributed by atoms with Crippen molar-refractivity contribution < 1.29 is 62.7 Å². The van der Waals surface area contributed by atoms with Gasteiger partial charge < -0.3 is 15.5 Å². The van der Waals surface area contributed by atoms with Crippen LogP contribution in [0.1, 0.15) is 22.1 Å². The molecule has 4 rings (SSSR count). The molecule has 1 aromatic heterocycles. The lowest BCUT2D eigenvalue weighted by molar-refractivity contribution is 0.0697. The highest BCUT2D eigenvalue weighted by atomic mass is 35.5. The summed E-state index contributed by atoms with van der Waals surface area (Å²) in [4.78, 5) is 14.7. The van der Waals surface area contributed by atoms with E-state index >= 15 is 0 Å². The molecular weight excluding hydrogens is 748 g/mol. The van der Waals surface area contributed by atoms with E-state index in [4.69, 9.17) is 11.6 Å². The second-order valence-electron chi connectivity index (χ2n) is 9.16. The van der Waals surface area contributed by atoms with Gasteiger partial charge in [0.05, 0.1) is 16.1 Å². The highest BCUT2D eigenvalue weighted by Crippen LogP contribution is 2.38. The molecule has 1 heterocycles. The second kappa shape index (κ2) is 13.8. The summed E-state index contributed by atoms with van der Waals surface area (Å²) < 4.78 is 127. The van der Waals surface area contributed by atoms with Crippen LogP contribution in [0.2, 0.25) is 5.02 Å². The van der Waals surface area contributed by atoms with Crippen LogP contribution in [0.3, 0.4) is 0 Å². The van der Waals surface area contributed by atoms with Crippen molar-refractivity contribution in [3.8, 4) is 5.75 Å². The van der Waals surface area contributed by atoms with Gasteiger partial charge in [-0.05, 0) is 36.4 Å². The summed E-state index contributed by atoms with van der Waals surface area (Å²) in [7, 11) is -15.6. The molecule has 0 aliphatic carbocycles. The van der Waals surface area contributed by atoms with E-state index in [9.17, 15) is 62.7 Å². The van der Waals surface area contributed by atoms with Gasteiger partial charge in [0.25, 0.3) is 30.4 Å². The van der Waals surface area contributed by atoms with Crippen LogP contribution in [-0.4, -0.2) is 65.1 Å². The van der Waals surface area contributed by atoms with E-state index in [0.29, 0.717) is 6.07 Å². The van der Waals surface area contributed by atoms with Crippen LogP contribution >= 0.6 is 11.6 Å². The summed E-state index contributed by atoms with van der Waals surface area (Å²) in [6.45, 7) is 0. The number of azo groups is 2. The van der Waals surface area contributed by atoms with Crippen molar-refractivity contribution in [2.45, 2.75) is 20.9 Å². The molecule has 1 unspecified atom stereocenters. The highest BCUT2D eigenvalue weighted by molar-refractivity contribution is 7.86. The fourth-order valence-corrected chi connectivity index (χ4v) is 5.87. The zero-order valence-electron chi connectivity index (χ0n) is 23.4. The van der Waals surface area contributed by atoms with Crippen LogP contribution in [0.25, 0.3) is 0 Å². The highest BCUT2D eigenvalue weighted by Gasteiger charge is 2.26. The predicted molar refractivity (Wildman–Crippen MR) is 159 cm³/mol. The molecule has 0 radical (unpaired) electrons. The lowest BCUT2D eigenvalue weighted by Gasteiger charge is -2.12. The van der Waals surface area contributed by atoms with Gasteiger partial charge in [0.1, 0.15) is 20.5 Å². The van der Waals surface area contributed by atoms with Crippen molar-refractivity contribution in [3.05, 3.63) is 82.8 Å². The van der Waals surface area contributed by atoms with Gasteiger partial charge in [0.15, 0.2) is 11.6 Å². The van der Waals surface area contributed by atoms with Crippen molar-refractivity contribution in [2.24, 2.45) is 20.5 Å². The summed E-state index contributed by atoms with van der Waals surface area (Å²) in [6, 6.07) is 8.01. The van der Waals surface area contributed by atoms with Crippen molar-refractivity contribution >= 4 is 70.8 Å². The third kappa shape index (κ3) is 8.68. The van der Waals surface area contributed by atoms with Gasteiger partial charge in [-0.25, -0.2) is 4.79 Å². The van der Waals surface area contributed by atoms with Gasteiger partial charge >= 0.3 is 12.0 Å². The number of hydrogen-bond acceptors (Lipinski definition) is 15. The molecule has 19 nitrogen and oxygen atoms in total. The van der Waals surface area contributed by atoms with Gasteiger partial charge in [0.2, 0.25) is 12.1 Å². The Labute approximate surface area is 277 Å². The lowest BCUT2D eigenvalue weighted by Crippen LogP contribution is -2.05. The molecule has 4 aromatic rings. The SMILES string of the molecule is O=C(O)c1cc(Nc2nc(F)nc(F)c2Cl)ccc1N=NC(N=Nc1cc(S(=O)(=O)O)cc(S(=O)(=O)O)c1O)c1ccccc1S(=O)(=O)O. The molecule has 3 aromatic carbocycles. The van der Waals surface area contributed by atoms with E-state index in [2.05, 4.69) is 35.7 Å². The number of nitrogens with one attached hydrogen (secondary N) is 1. The van der Waals surface area contributed by atoms with Crippen molar-refractivity contribution in [3.63, 3.8) is 0 Å². The first-order valence-electron chi connectivity index (χ1n) is 12.4. The molecule has 0 saturated heterocycles. The Hall–Kier alpha value is -5.11. The molecule has 0 amide bonds. The Balaban J connectivity index is 1.86. The van der Waals surface area contributed by atoms with Gasteiger partial charge in [-0.15, -0.1) is 5.11 Å². The van der Waals surface area contributed by atoms with Crippen LogP contribution in [0.15, 0.2) is 89.7 Å². The minimum absolute atomic E-state index is 0.132. The van der Waals surface area contributed by atoms with E-state index in [1.54, 1.807) is 0 Å². The predicted octanol–water partition coefficient (Wildman–Crippen LogP) is 4.86. The number of aromatic carboxylic acids is 1. The molecule has 6 N–H and O–H groups in total. The topological polar surface area (TPSA) is 308 Å². The minimum atomic E-state index is -5.34. The zero-order valence-corrected chi connectivity index (χ0v) is 26.6. The van der Waals surface area contributed by atoms with Crippen molar-refractivity contribution in [1.82, 2.24) is 9.97 Å². The van der Waals surface area contributed by atoms with E-state index in [0.717, 1.165) is 30.3 Å². The lowest BCUT2D eigenvalue weighted by atomic mass is 10.1. The first-order chi connectivity index (χ1) is 22.7. The van der Waals surface area contributed by atoms with E-state index in [-0.39, 0.29) is 11.8 Å². The molecule has 258 valence electrons. The summed E-state index contributed by atoms with van der Waals surface area (Å²) in [5.74, 6) is -5.00. The summed E-state index contributed by atoms with van der Waals surface area (Å²) in [5.41, 5.74) is -2.73. The normalized spacial score (nSPS) is 13.2. The summed E-state index contributed by atoms with van der Waals surface area (Å²) in [5, 5.41) is 36.5. The maximum absolute atomic E-state index is 13.7. The first kappa shape index (κ1) is 36.7. The largest absolute Gasteiger partial charge is 0.504 e. The molecule has 0 spiro atoms. The van der Waals surface area contributed by atoms with Crippen molar-refractivity contribution in [1.29, 1.82) is 0 Å². The number of aromatic nitrogens is 2. The number of anilines is 2. The number of aromatic hydroxyl groups is 1. The van der Waals surface area contributed by atoms with Crippen LogP contribution in [0, 0.1) is 12.0 Å². The molecule has 25 heteroatoms. The Bertz CT molecular complexity index is 2400. The number of nitrogens with zero attached hydrogens (tertiary/aromatic N) is 6. The van der Waals surface area contributed by atoms with Crippen LogP contribution in [-0.2, 0) is 30.4 Å². The van der Waals surface area contributed by atoms with E-state index in [1.165, 1.54) is 12.1 Å². The zero-order chi connectivity index (χ0) is 36.5. The quantitative estimate of drug-likeness (QED) is 0.0514. The molecule has 49 heavy (non-hydrogen) atoms. The number of carboxylic acid groups (broad SMARTS) is 1. The number of phenols is 1. The Morgan fingerprint density at radius 1 is 0.816 bits per heavy atom. The summed E-state index contributed by atoms with van der Waals surface area (Å²) >= 11 is 5.72. The van der Waals surface area contributed by atoms with Crippen molar-refractivity contribution in [2.75, 3.05) is 5.32 Å².